The van der Waals surface area contributed by atoms with Crippen LogP contribution >= 0.6 is 17.0 Å². The molecule has 40 heavy (non-hydrogen) atoms. The molecule has 0 amide bonds. The maximum absolute atomic E-state index is 7.77. The first-order valence-electron chi connectivity index (χ1n) is 14.1. The van der Waals surface area contributed by atoms with Crippen molar-refractivity contribution in [1.29, 1.82) is 0 Å². The van der Waals surface area contributed by atoms with E-state index in [1.165, 1.54) is 69.3 Å². The Hall–Kier alpha value is -2.48. The Morgan fingerprint density at radius 3 is 2.15 bits per heavy atom. The molecule has 0 aromatic heterocycles. The molecule has 0 fully saturated rings. The zero-order valence-electron chi connectivity index (χ0n) is 22.7. The number of halogens is 2. The molecule has 0 nitrogen and oxygen atoms in total. The summed E-state index contributed by atoms with van der Waals surface area (Å²) in [5.74, 6) is 0. The summed E-state index contributed by atoms with van der Waals surface area (Å²) in [6, 6.07) is 39.8. The van der Waals surface area contributed by atoms with Crippen LogP contribution in [0.15, 0.2) is 115 Å². The fourth-order valence-corrected chi connectivity index (χ4v) is 24.1. The van der Waals surface area contributed by atoms with E-state index >= 15 is 0 Å². The number of benzene rings is 5. The standard InChI is InChI=1S/C24H21.C12H9Si.2ClH.Zr/c1-3-18-13-14-20-15-17(2)16-23(20)24(18)22-12-8-7-11-21(22)19-9-5-4-6-10-19;1-3-7-11-9(5-1)10-6-2-4-8-12(10)13-11;;;/h4-16H,3H2,1-2H3;1-7H,13H2;2*1H;/q;;;;+2/p-2. The van der Waals surface area contributed by atoms with Crippen LogP contribution in [0.2, 0.25) is 0 Å². The zero-order valence-corrected chi connectivity index (χ0v) is 28.1. The molecule has 1 heterocycles. The monoisotopic (exact) mass is 650 g/mol. The molecule has 196 valence electrons. The van der Waals surface area contributed by atoms with Gasteiger partial charge in [0, 0.05) is 0 Å². The van der Waals surface area contributed by atoms with Crippen molar-refractivity contribution in [2.45, 2.75) is 23.9 Å². The minimum absolute atomic E-state index is 0.0883. The van der Waals surface area contributed by atoms with E-state index in [1.54, 1.807) is 0 Å². The van der Waals surface area contributed by atoms with Crippen molar-refractivity contribution in [2.24, 2.45) is 0 Å². The summed E-state index contributed by atoms with van der Waals surface area (Å²) < 4.78 is 1.37. The molecule has 2 aliphatic rings. The molecule has 0 spiro atoms. The van der Waals surface area contributed by atoms with Crippen LogP contribution in [0.5, 0.6) is 0 Å². The molecule has 1 aliphatic carbocycles. The van der Waals surface area contributed by atoms with Gasteiger partial charge in [0.05, 0.1) is 0 Å². The molecule has 0 saturated heterocycles. The molecule has 4 heteroatoms. The van der Waals surface area contributed by atoms with Crippen molar-refractivity contribution in [3.63, 3.8) is 0 Å². The van der Waals surface area contributed by atoms with Gasteiger partial charge in [0.1, 0.15) is 0 Å². The van der Waals surface area contributed by atoms with Crippen molar-refractivity contribution in [3.8, 4) is 33.4 Å². The fraction of sp³-hybridized carbons (Fsp3) is 0.111. The van der Waals surface area contributed by atoms with Gasteiger partial charge >= 0.3 is 253 Å². The summed E-state index contributed by atoms with van der Waals surface area (Å²) in [5, 5.41) is 2.98. The van der Waals surface area contributed by atoms with Crippen LogP contribution in [0.25, 0.3) is 39.5 Å². The van der Waals surface area contributed by atoms with Gasteiger partial charge in [-0.25, -0.2) is 0 Å². The summed E-state index contributed by atoms with van der Waals surface area (Å²) in [5.41, 5.74) is 13.1. The SMILES string of the molecule is CCc1ccc2c(c1-c1ccccc1-c1ccccc1)C=C(C)[CH]2[Zr]([Cl])([Cl])[c]1cccc2c1[SiH2]c1ccccc1-2. The van der Waals surface area contributed by atoms with E-state index < -0.39 is 27.4 Å². The third-order valence-electron chi connectivity index (χ3n) is 8.74. The molecule has 5 aromatic carbocycles. The molecule has 0 bridgehead atoms. The van der Waals surface area contributed by atoms with Crippen LogP contribution in [-0.2, 0) is 24.3 Å². The van der Waals surface area contributed by atoms with Gasteiger partial charge in [0.15, 0.2) is 0 Å². The number of aryl methyl sites for hydroxylation is 1. The fourth-order valence-electron chi connectivity index (χ4n) is 6.93. The van der Waals surface area contributed by atoms with Gasteiger partial charge in [0.2, 0.25) is 0 Å². The molecule has 1 atom stereocenters. The van der Waals surface area contributed by atoms with Crippen LogP contribution < -0.4 is 13.6 Å². The Morgan fingerprint density at radius 1 is 0.700 bits per heavy atom. The van der Waals surface area contributed by atoms with Crippen LogP contribution in [-0.4, -0.2) is 9.52 Å². The third-order valence-corrected chi connectivity index (χ3v) is 23.3. The van der Waals surface area contributed by atoms with Gasteiger partial charge in [-0.05, 0) is 0 Å². The first-order valence-corrected chi connectivity index (χ1v) is 24.5. The van der Waals surface area contributed by atoms with Crippen molar-refractivity contribution >= 4 is 46.3 Å². The van der Waals surface area contributed by atoms with Crippen LogP contribution in [0.1, 0.15) is 34.2 Å². The molecule has 0 radical (unpaired) electrons. The summed E-state index contributed by atoms with van der Waals surface area (Å²) in [4.78, 5) is 0. The summed E-state index contributed by atoms with van der Waals surface area (Å²) >= 11 is -3.95. The second-order valence-corrected chi connectivity index (χ2v) is 26.8. The molecule has 5 aromatic rings. The van der Waals surface area contributed by atoms with E-state index in [9.17, 15) is 0 Å². The van der Waals surface area contributed by atoms with Gasteiger partial charge in [-0.2, -0.15) is 0 Å². The normalized spacial score (nSPS) is 16.0. The summed E-state index contributed by atoms with van der Waals surface area (Å²) in [6.07, 6.45) is 3.36. The second-order valence-electron chi connectivity index (χ2n) is 11.0. The number of fused-ring (bicyclic) bond motifs is 4. The Morgan fingerprint density at radius 2 is 1.38 bits per heavy atom. The van der Waals surface area contributed by atoms with E-state index in [4.69, 9.17) is 17.0 Å². The van der Waals surface area contributed by atoms with Crippen LogP contribution in [0.4, 0.5) is 0 Å². The predicted octanol–water partition coefficient (Wildman–Crippen LogP) is 7.93. The molecule has 0 N–H and O–H groups in total. The van der Waals surface area contributed by atoms with Crippen LogP contribution in [0, 0.1) is 0 Å². The van der Waals surface area contributed by atoms with E-state index in [0.717, 1.165) is 6.42 Å². The molecule has 1 aliphatic heterocycles. The first kappa shape index (κ1) is 26.4. The van der Waals surface area contributed by atoms with Gasteiger partial charge in [0.25, 0.3) is 0 Å². The Bertz CT molecular complexity index is 1810. The minimum atomic E-state index is -3.95. The quantitative estimate of drug-likeness (QED) is 0.166. The Balaban J connectivity index is 1.39. The number of allylic oxidation sites excluding steroid dienone is 1. The Kier molecular flexibility index (Phi) is 6.88. The maximum atomic E-state index is 7.77. The number of hydrogen-bond donors (Lipinski definition) is 0. The molecular formula is C36H30Cl2SiZr. The van der Waals surface area contributed by atoms with E-state index in [-0.39, 0.29) is 3.63 Å². The number of rotatable bonds is 5. The average molecular weight is 653 g/mol. The molecule has 0 saturated carbocycles. The summed E-state index contributed by atoms with van der Waals surface area (Å²) in [7, 11) is 14.9. The van der Waals surface area contributed by atoms with Gasteiger partial charge in [-0.3, -0.25) is 0 Å². The molecular weight excluding hydrogens is 623 g/mol. The average Bonchev–Trinajstić information content (AvgIpc) is 3.54. The predicted molar refractivity (Wildman–Crippen MR) is 174 cm³/mol. The van der Waals surface area contributed by atoms with E-state index in [2.05, 4.69) is 129 Å². The van der Waals surface area contributed by atoms with Crippen molar-refractivity contribution in [2.75, 3.05) is 0 Å². The Labute approximate surface area is 251 Å². The van der Waals surface area contributed by atoms with Crippen LogP contribution in [0.3, 0.4) is 0 Å². The first-order chi connectivity index (χ1) is 19.5. The van der Waals surface area contributed by atoms with Crippen molar-refractivity contribution in [1.82, 2.24) is 0 Å². The van der Waals surface area contributed by atoms with Gasteiger partial charge in [-0.1, -0.05) is 0 Å². The van der Waals surface area contributed by atoms with Crippen molar-refractivity contribution < 1.29 is 17.9 Å². The second kappa shape index (κ2) is 10.4. The van der Waals surface area contributed by atoms with Gasteiger partial charge in [-0.15, -0.1) is 0 Å². The number of hydrogen-bond acceptors (Lipinski definition) is 0. The molecule has 7 rings (SSSR count). The third kappa shape index (κ3) is 4.19. The topological polar surface area (TPSA) is 0 Å². The summed E-state index contributed by atoms with van der Waals surface area (Å²) in [6.45, 7) is 4.50. The van der Waals surface area contributed by atoms with E-state index in [1.807, 2.05) is 0 Å². The van der Waals surface area contributed by atoms with Gasteiger partial charge < -0.3 is 0 Å². The zero-order chi connectivity index (χ0) is 27.4. The van der Waals surface area contributed by atoms with Crippen molar-refractivity contribution in [3.05, 3.63) is 131 Å². The van der Waals surface area contributed by atoms with E-state index in [0.29, 0.717) is 0 Å². The molecule has 1 unspecified atom stereocenters.